The maximum absolute atomic E-state index is 11.4. The molecule has 0 aromatic heterocycles. The average Bonchev–Trinajstić information content (AvgIpc) is 2.65. The minimum atomic E-state index is 0.168. The third-order valence-corrected chi connectivity index (χ3v) is 3.53. The highest BCUT2D eigenvalue weighted by Gasteiger charge is 2.32. The van der Waals surface area contributed by atoms with Crippen LogP contribution in [0.3, 0.4) is 0 Å². The topological polar surface area (TPSA) is 44.4 Å². The molecule has 86 valence electrons. The zero-order chi connectivity index (χ0) is 10.7. The van der Waals surface area contributed by atoms with Crippen molar-refractivity contribution in [2.24, 2.45) is 11.8 Å². The average molecular weight is 211 g/mol. The number of hydrogen-bond acceptors (Lipinski definition) is 3. The molecule has 0 aromatic carbocycles. The second-order valence-corrected chi connectivity index (χ2v) is 4.66. The van der Waals surface area contributed by atoms with Gasteiger partial charge in [0.1, 0.15) is 0 Å². The number of rotatable bonds is 3. The van der Waals surface area contributed by atoms with Crippen LogP contribution < -0.4 is 10.6 Å². The van der Waals surface area contributed by atoms with Gasteiger partial charge < -0.3 is 10.6 Å². The lowest BCUT2D eigenvalue weighted by Gasteiger charge is -2.33. The number of fused-ring (bicyclic) bond motifs is 1. The molecule has 2 aliphatic rings. The molecule has 2 unspecified atom stereocenters. The first-order valence-corrected chi connectivity index (χ1v) is 5.99. The highest BCUT2D eigenvalue weighted by atomic mass is 16.2. The summed E-state index contributed by atoms with van der Waals surface area (Å²) < 4.78 is 0. The molecule has 0 saturated carbocycles. The van der Waals surface area contributed by atoms with Crippen LogP contribution in [0.1, 0.15) is 13.3 Å². The molecule has 0 bridgehead atoms. The van der Waals surface area contributed by atoms with Crippen molar-refractivity contribution < 1.29 is 4.79 Å². The van der Waals surface area contributed by atoms with Gasteiger partial charge in [-0.25, -0.2) is 0 Å². The highest BCUT2D eigenvalue weighted by Crippen LogP contribution is 2.25. The molecule has 0 aliphatic carbocycles. The van der Waals surface area contributed by atoms with Gasteiger partial charge in [0.2, 0.25) is 5.91 Å². The maximum Gasteiger partial charge on any atom is 0.234 e. The van der Waals surface area contributed by atoms with E-state index in [0.29, 0.717) is 6.54 Å². The van der Waals surface area contributed by atoms with Gasteiger partial charge in [-0.1, -0.05) is 0 Å². The van der Waals surface area contributed by atoms with E-state index >= 15 is 0 Å². The Bertz CT molecular complexity index is 232. The van der Waals surface area contributed by atoms with Crippen LogP contribution in [-0.4, -0.2) is 50.1 Å². The van der Waals surface area contributed by atoms with Gasteiger partial charge in [0, 0.05) is 13.1 Å². The number of hydrogen-bond donors (Lipinski definition) is 2. The Morgan fingerprint density at radius 3 is 3.07 bits per heavy atom. The molecule has 2 N–H and O–H groups in total. The van der Waals surface area contributed by atoms with E-state index in [1.54, 1.807) is 0 Å². The number of amides is 1. The lowest BCUT2D eigenvalue weighted by atomic mass is 9.89. The predicted molar refractivity (Wildman–Crippen MR) is 59.6 cm³/mol. The third kappa shape index (κ3) is 2.69. The molecule has 2 aliphatic heterocycles. The van der Waals surface area contributed by atoms with E-state index in [1.165, 1.54) is 13.0 Å². The van der Waals surface area contributed by atoms with Gasteiger partial charge in [-0.05, 0) is 44.8 Å². The number of nitrogens with one attached hydrogen (secondary N) is 2. The van der Waals surface area contributed by atoms with Gasteiger partial charge in [-0.15, -0.1) is 0 Å². The summed E-state index contributed by atoms with van der Waals surface area (Å²) in [5.41, 5.74) is 0. The minimum Gasteiger partial charge on any atom is -0.355 e. The van der Waals surface area contributed by atoms with Gasteiger partial charge in [-0.2, -0.15) is 0 Å². The predicted octanol–water partition coefficient (Wildman–Crippen LogP) is -0.336. The van der Waals surface area contributed by atoms with Gasteiger partial charge in [0.25, 0.3) is 0 Å². The summed E-state index contributed by atoms with van der Waals surface area (Å²) in [5.74, 6) is 1.80. The van der Waals surface area contributed by atoms with E-state index in [4.69, 9.17) is 0 Å². The van der Waals surface area contributed by atoms with E-state index in [9.17, 15) is 4.79 Å². The van der Waals surface area contributed by atoms with Crippen LogP contribution in [0.2, 0.25) is 0 Å². The van der Waals surface area contributed by atoms with Crippen molar-refractivity contribution in [2.45, 2.75) is 13.3 Å². The minimum absolute atomic E-state index is 0.168. The van der Waals surface area contributed by atoms with Gasteiger partial charge in [0.05, 0.1) is 6.54 Å². The van der Waals surface area contributed by atoms with Crippen LogP contribution >= 0.6 is 0 Å². The monoisotopic (exact) mass is 211 g/mol. The summed E-state index contributed by atoms with van der Waals surface area (Å²) in [4.78, 5) is 13.7. The van der Waals surface area contributed by atoms with Crippen molar-refractivity contribution >= 4 is 5.91 Å². The van der Waals surface area contributed by atoms with Crippen LogP contribution in [0, 0.1) is 11.8 Å². The van der Waals surface area contributed by atoms with Gasteiger partial charge in [0.15, 0.2) is 0 Å². The Morgan fingerprint density at radius 1 is 1.47 bits per heavy atom. The first-order valence-electron chi connectivity index (χ1n) is 5.99. The molecular formula is C11H21N3O. The molecule has 0 aromatic rings. The normalized spacial score (nSPS) is 31.3. The van der Waals surface area contributed by atoms with Crippen LogP contribution in [0.15, 0.2) is 0 Å². The lowest BCUT2D eigenvalue weighted by Crippen LogP contribution is -2.45. The van der Waals surface area contributed by atoms with Crippen LogP contribution in [0.25, 0.3) is 0 Å². The summed E-state index contributed by atoms with van der Waals surface area (Å²) in [6.45, 7) is 7.77. The fraction of sp³-hybridized carbons (Fsp3) is 0.909. The lowest BCUT2D eigenvalue weighted by molar-refractivity contribution is -0.122. The second kappa shape index (κ2) is 4.94. The molecule has 1 amide bonds. The highest BCUT2D eigenvalue weighted by molar-refractivity contribution is 5.77. The Balaban J connectivity index is 1.77. The number of nitrogens with zero attached hydrogens (tertiary/aromatic N) is 1. The fourth-order valence-corrected chi connectivity index (χ4v) is 2.71. The van der Waals surface area contributed by atoms with E-state index in [2.05, 4.69) is 15.5 Å². The zero-order valence-electron chi connectivity index (χ0n) is 9.46. The molecule has 4 nitrogen and oxygen atoms in total. The summed E-state index contributed by atoms with van der Waals surface area (Å²) >= 11 is 0. The third-order valence-electron chi connectivity index (χ3n) is 3.53. The molecule has 2 fully saturated rings. The first-order chi connectivity index (χ1) is 7.29. The van der Waals surface area contributed by atoms with Crippen LogP contribution in [-0.2, 0) is 4.79 Å². The summed E-state index contributed by atoms with van der Waals surface area (Å²) in [5, 5.41) is 6.29. The van der Waals surface area contributed by atoms with Crippen molar-refractivity contribution in [2.75, 3.05) is 39.3 Å². The smallest absolute Gasteiger partial charge is 0.234 e. The largest absolute Gasteiger partial charge is 0.355 e. The molecule has 2 heterocycles. The number of likely N-dealkylation sites (tertiary alicyclic amines) is 1. The number of likely N-dealkylation sites (N-methyl/N-ethyl adjacent to an activating group) is 1. The Kier molecular flexibility index (Phi) is 3.59. The van der Waals surface area contributed by atoms with Crippen molar-refractivity contribution in [3.05, 3.63) is 0 Å². The van der Waals surface area contributed by atoms with Crippen molar-refractivity contribution in [1.29, 1.82) is 0 Å². The zero-order valence-corrected chi connectivity index (χ0v) is 9.46. The van der Waals surface area contributed by atoms with E-state index in [-0.39, 0.29) is 5.91 Å². The van der Waals surface area contributed by atoms with E-state index in [1.807, 2.05) is 6.92 Å². The molecule has 2 atom stereocenters. The molecule has 0 radical (unpaired) electrons. The van der Waals surface area contributed by atoms with Crippen molar-refractivity contribution in [3.63, 3.8) is 0 Å². The van der Waals surface area contributed by atoms with Gasteiger partial charge >= 0.3 is 0 Å². The molecule has 4 heteroatoms. The van der Waals surface area contributed by atoms with Crippen LogP contribution in [0.5, 0.6) is 0 Å². The fourth-order valence-electron chi connectivity index (χ4n) is 2.71. The number of piperidine rings is 1. The SMILES string of the molecule is CCNC(=O)CN1CCC2CNCC2C1. The standard InChI is InChI=1S/C11H21N3O/c1-2-13-11(15)8-14-4-3-9-5-12-6-10(9)7-14/h9-10,12H,2-8H2,1H3,(H,13,15). The van der Waals surface area contributed by atoms with E-state index in [0.717, 1.165) is 38.0 Å². The Morgan fingerprint density at radius 2 is 2.27 bits per heavy atom. The first kappa shape index (κ1) is 10.9. The summed E-state index contributed by atoms with van der Waals surface area (Å²) in [6.07, 6.45) is 1.25. The van der Waals surface area contributed by atoms with Crippen molar-refractivity contribution in [3.8, 4) is 0 Å². The molecule has 0 spiro atoms. The number of carbonyl (C=O) groups excluding carboxylic acids is 1. The Labute approximate surface area is 91.4 Å². The summed E-state index contributed by atoms with van der Waals surface area (Å²) in [6, 6.07) is 0. The number of carbonyl (C=O) groups is 1. The van der Waals surface area contributed by atoms with Gasteiger partial charge in [-0.3, -0.25) is 9.69 Å². The molecule has 15 heavy (non-hydrogen) atoms. The quantitative estimate of drug-likeness (QED) is 0.671. The van der Waals surface area contributed by atoms with Crippen LogP contribution in [0.4, 0.5) is 0 Å². The molecule has 2 saturated heterocycles. The Hall–Kier alpha value is -0.610. The van der Waals surface area contributed by atoms with Crippen molar-refractivity contribution in [1.82, 2.24) is 15.5 Å². The van der Waals surface area contributed by atoms with E-state index < -0.39 is 0 Å². The second-order valence-electron chi connectivity index (χ2n) is 4.66. The molecule has 2 rings (SSSR count). The summed E-state index contributed by atoms with van der Waals surface area (Å²) in [7, 11) is 0. The molecular weight excluding hydrogens is 190 g/mol. The maximum atomic E-state index is 11.4.